The fourth-order valence-corrected chi connectivity index (χ4v) is 2.33. The van der Waals surface area contributed by atoms with Crippen LogP contribution < -0.4 is 5.56 Å². The third-order valence-electron chi connectivity index (χ3n) is 3.21. The number of benzene rings is 2. The Bertz CT molecular complexity index is 806. The Hall–Kier alpha value is -2.42. The van der Waals surface area contributed by atoms with Crippen LogP contribution in [0.1, 0.15) is 5.56 Å². The number of hydrogen-bond acceptors (Lipinski definition) is 1. The molecule has 0 aliphatic heterocycles. The highest BCUT2D eigenvalue weighted by Gasteiger charge is 2.10. The minimum Gasteiger partial charge on any atom is -0.284 e. The lowest BCUT2D eigenvalue weighted by molar-refractivity contribution is 0.639. The first-order valence-corrected chi connectivity index (χ1v) is 6.04. The van der Waals surface area contributed by atoms with Gasteiger partial charge in [0.2, 0.25) is 0 Å². The second-order valence-electron chi connectivity index (χ2n) is 4.49. The van der Waals surface area contributed by atoms with Gasteiger partial charge in [-0.1, -0.05) is 24.3 Å². The normalized spacial score (nSPS) is 10.8. The van der Waals surface area contributed by atoms with Crippen LogP contribution in [0.5, 0.6) is 0 Å². The van der Waals surface area contributed by atoms with E-state index in [0.29, 0.717) is 10.8 Å². The maximum Gasteiger partial charge on any atom is 0.263 e. The van der Waals surface area contributed by atoms with Crippen molar-refractivity contribution in [3.05, 3.63) is 76.5 Å². The van der Waals surface area contributed by atoms with E-state index in [0.717, 1.165) is 11.3 Å². The molecule has 3 rings (SSSR count). The van der Waals surface area contributed by atoms with Crippen LogP contribution in [0.3, 0.4) is 0 Å². The van der Waals surface area contributed by atoms with Crippen LogP contribution in [0.15, 0.2) is 59.5 Å². The first kappa shape index (κ1) is 11.7. The van der Waals surface area contributed by atoms with E-state index in [4.69, 9.17) is 0 Å². The number of halogens is 1. The molecule has 0 spiro atoms. The van der Waals surface area contributed by atoms with Crippen LogP contribution in [0.25, 0.3) is 16.5 Å². The van der Waals surface area contributed by atoms with Crippen molar-refractivity contribution in [2.45, 2.75) is 6.92 Å². The summed E-state index contributed by atoms with van der Waals surface area (Å²) in [6, 6.07) is 13.9. The minimum absolute atomic E-state index is 0.202. The Labute approximate surface area is 109 Å². The van der Waals surface area contributed by atoms with Crippen LogP contribution in [-0.4, -0.2) is 4.57 Å². The summed E-state index contributed by atoms with van der Waals surface area (Å²) in [5.41, 5.74) is 1.32. The molecule has 19 heavy (non-hydrogen) atoms. The Morgan fingerprint density at radius 2 is 1.74 bits per heavy atom. The van der Waals surface area contributed by atoms with Gasteiger partial charge in [0.25, 0.3) is 5.56 Å². The number of aryl methyl sites for hydroxylation is 1. The molecule has 0 aliphatic carbocycles. The van der Waals surface area contributed by atoms with Gasteiger partial charge in [-0.25, -0.2) is 4.39 Å². The van der Waals surface area contributed by atoms with Crippen molar-refractivity contribution in [1.82, 2.24) is 4.57 Å². The van der Waals surface area contributed by atoms with Gasteiger partial charge in [-0.3, -0.25) is 9.36 Å². The second kappa shape index (κ2) is 4.35. The molecule has 0 saturated heterocycles. The highest BCUT2D eigenvalue weighted by molar-refractivity contribution is 5.85. The quantitative estimate of drug-likeness (QED) is 0.651. The fraction of sp³-hybridized carbons (Fsp3) is 0.0625. The Morgan fingerprint density at radius 1 is 1.00 bits per heavy atom. The standard InChI is InChI=1S/C16H12FNO/c1-11-10-18(12-6-3-2-4-7-12)16(19)13-8-5-9-14(17)15(11)13/h2-10H,1H3. The summed E-state index contributed by atoms with van der Waals surface area (Å²) in [7, 11) is 0. The number of nitrogens with zero attached hydrogens (tertiary/aromatic N) is 1. The third kappa shape index (κ3) is 1.83. The molecule has 0 unspecified atom stereocenters. The van der Waals surface area contributed by atoms with Gasteiger partial charge >= 0.3 is 0 Å². The van der Waals surface area contributed by atoms with Crippen LogP contribution in [0.2, 0.25) is 0 Å². The smallest absolute Gasteiger partial charge is 0.263 e. The second-order valence-corrected chi connectivity index (χ2v) is 4.49. The highest BCUT2D eigenvalue weighted by Crippen LogP contribution is 2.19. The Balaban J connectivity index is 2.42. The lowest BCUT2D eigenvalue weighted by atomic mass is 10.1. The predicted octanol–water partition coefficient (Wildman–Crippen LogP) is 3.44. The number of fused-ring (bicyclic) bond motifs is 1. The molecule has 0 atom stereocenters. The summed E-state index contributed by atoms with van der Waals surface area (Å²) < 4.78 is 15.4. The van der Waals surface area contributed by atoms with E-state index in [1.807, 2.05) is 37.3 Å². The van der Waals surface area contributed by atoms with Crippen molar-refractivity contribution in [3.8, 4) is 5.69 Å². The molecule has 0 aliphatic rings. The summed E-state index contributed by atoms with van der Waals surface area (Å²) in [5, 5.41) is 0.809. The molecule has 2 aromatic carbocycles. The molecule has 0 bridgehead atoms. The van der Waals surface area contributed by atoms with Crippen molar-refractivity contribution >= 4 is 10.8 Å². The molecular formula is C16H12FNO. The van der Waals surface area contributed by atoms with E-state index < -0.39 is 0 Å². The maximum absolute atomic E-state index is 13.8. The summed E-state index contributed by atoms with van der Waals surface area (Å²) >= 11 is 0. The van der Waals surface area contributed by atoms with E-state index in [9.17, 15) is 9.18 Å². The van der Waals surface area contributed by atoms with Gasteiger partial charge < -0.3 is 0 Å². The van der Waals surface area contributed by atoms with E-state index in [1.54, 1.807) is 22.9 Å². The van der Waals surface area contributed by atoms with Gasteiger partial charge in [-0.05, 0) is 36.8 Å². The number of hydrogen-bond donors (Lipinski definition) is 0. The lowest BCUT2D eigenvalue weighted by Crippen LogP contribution is -2.18. The van der Waals surface area contributed by atoms with Gasteiger partial charge in [0.15, 0.2) is 0 Å². The highest BCUT2D eigenvalue weighted by atomic mass is 19.1. The van der Waals surface area contributed by atoms with Crippen LogP contribution in [0.4, 0.5) is 4.39 Å². The number of pyridine rings is 1. The summed E-state index contributed by atoms with van der Waals surface area (Å²) in [4.78, 5) is 12.4. The first-order chi connectivity index (χ1) is 9.18. The van der Waals surface area contributed by atoms with E-state index >= 15 is 0 Å². The molecular weight excluding hydrogens is 241 g/mol. The van der Waals surface area contributed by atoms with E-state index in [-0.39, 0.29) is 11.4 Å². The van der Waals surface area contributed by atoms with Gasteiger partial charge in [-0.2, -0.15) is 0 Å². The molecule has 1 aromatic heterocycles. The van der Waals surface area contributed by atoms with E-state index in [1.165, 1.54) is 6.07 Å². The molecule has 1 heterocycles. The number of aromatic nitrogens is 1. The zero-order valence-corrected chi connectivity index (χ0v) is 10.4. The van der Waals surface area contributed by atoms with Gasteiger partial charge in [0, 0.05) is 17.3 Å². The first-order valence-electron chi connectivity index (χ1n) is 6.04. The van der Waals surface area contributed by atoms with Gasteiger partial charge in [0.05, 0.1) is 5.39 Å². The largest absolute Gasteiger partial charge is 0.284 e. The summed E-state index contributed by atoms with van der Waals surface area (Å²) in [6.07, 6.45) is 1.68. The molecule has 0 radical (unpaired) electrons. The molecule has 0 N–H and O–H groups in total. The van der Waals surface area contributed by atoms with Crippen LogP contribution in [-0.2, 0) is 0 Å². The maximum atomic E-state index is 13.8. The zero-order chi connectivity index (χ0) is 13.4. The molecule has 2 nitrogen and oxygen atoms in total. The monoisotopic (exact) mass is 253 g/mol. The Kier molecular flexibility index (Phi) is 2.67. The third-order valence-corrected chi connectivity index (χ3v) is 3.21. The summed E-state index contributed by atoms with van der Waals surface area (Å²) in [5.74, 6) is -0.354. The zero-order valence-electron chi connectivity index (χ0n) is 10.4. The predicted molar refractivity (Wildman–Crippen MR) is 74.2 cm³/mol. The van der Waals surface area contributed by atoms with Crippen molar-refractivity contribution in [2.24, 2.45) is 0 Å². The van der Waals surface area contributed by atoms with Crippen molar-refractivity contribution in [2.75, 3.05) is 0 Å². The Morgan fingerprint density at radius 3 is 2.47 bits per heavy atom. The number of para-hydroxylation sites is 1. The molecule has 0 saturated carbocycles. The van der Waals surface area contributed by atoms with Crippen molar-refractivity contribution < 1.29 is 4.39 Å². The fourth-order valence-electron chi connectivity index (χ4n) is 2.33. The van der Waals surface area contributed by atoms with Crippen molar-refractivity contribution in [3.63, 3.8) is 0 Å². The SMILES string of the molecule is Cc1cn(-c2ccccc2)c(=O)c2cccc(F)c12. The molecule has 3 heteroatoms. The minimum atomic E-state index is -0.354. The average Bonchev–Trinajstić information content (AvgIpc) is 2.43. The number of rotatable bonds is 1. The topological polar surface area (TPSA) is 22.0 Å². The molecule has 94 valence electrons. The lowest BCUT2D eigenvalue weighted by Gasteiger charge is -2.10. The van der Waals surface area contributed by atoms with Crippen molar-refractivity contribution in [1.29, 1.82) is 0 Å². The van der Waals surface area contributed by atoms with Gasteiger partial charge in [-0.15, -0.1) is 0 Å². The molecule has 3 aromatic rings. The van der Waals surface area contributed by atoms with Crippen LogP contribution in [0, 0.1) is 12.7 Å². The van der Waals surface area contributed by atoms with Crippen LogP contribution >= 0.6 is 0 Å². The molecule has 0 amide bonds. The average molecular weight is 253 g/mol. The summed E-state index contributed by atoms with van der Waals surface area (Å²) in [6.45, 7) is 1.81. The van der Waals surface area contributed by atoms with E-state index in [2.05, 4.69) is 0 Å². The molecule has 0 fully saturated rings. The van der Waals surface area contributed by atoms with Gasteiger partial charge in [0.1, 0.15) is 5.82 Å².